The van der Waals surface area contributed by atoms with Crippen molar-refractivity contribution in [2.75, 3.05) is 6.61 Å². The van der Waals surface area contributed by atoms with Gasteiger partial charge in [-0.05, 0) is 42.5 Å². The zero-order chi connectivity index (χ0) is 16.1. The van der Waals surface area contributed by atoms with Gasteiger partial charge in [-0.1, -0.05) is 49.4 Å². The molecule has 2 aromatic carbocycles. The smallest absolute Gasteiger partial charge is 0.261 e. The molecule has 1 aliphatic carbocycles. The maximum Gasteiger partial charge on any atom is 0.261 e. The van der Waals surface area contributed by atoms with Crippen LogP contribution in [0.5, 0.6) is 5.75 Å². The molecule has 0 aromatic heterocycles. The lowest BCUT2D eigenvalue weighted by atomic mass is 10.2. The number of carbonyl (C=O) groups is 1. The fourth-order valence-electron chi connectivity index (χ4n) is 2.64. The SMILES string of the molecule is CCc1ccc(OCC(=O)N(Cc2ccccc2)C2CC2)cc1. The van der Waals surface area contributed by atoms with E-state index in [1.54, 1.807) is 0 Å². The first-order chi connectivity index (χ1) is 11.3. The van der Waals surface area contributed by atoms with Gasteiger partial charge in [-0.3, -0.25) is 4.79 Å². The molecule has 3 nitrogen and oxygen atoms in total. The fourth-order valence-corrected chi connectivity index (χ4v) is 2.64. The number of amides is 1. The summed E-state index contributed by atoms with van der Waals surface area (Å²) in [6, 6.07) is 18.5. The lowest BCUT2D eigenvalue weighted by Gasteiger charge is -2.22. The predicted octanol–water partition coefficient (Wildman–Crippen LogP) is 3.82. The van der Waals surface area contributed by atoms with Crippen molar-refractivity contribution in [1.29, 1.82) is 0 Å². The van der Waals surface area contributed by atoms with E-state index in [0.29, 0.717) is 12.6 Å². The van der Waals surface area contributed by atoms with Crippen molar-refractivity contribution in [3.8, 4) is 5.75 Å². The molecular weight excluding hydrogens is 286 g/mol. The van der Waals surface area contributed by atoms with E-state index in [2.05, 4.69) is 19.1 Å². The third-order valence-corrected chi connectivity index (χ3v) is 4.20. The number of aryl methyl sites for hydroxylation is 1. The van der Waals surface area contributed by atoms with E-state index in [4.69, 9.17) is 4.74 Å². The molecule has 120 valence electrons. The van der Waals surface area contributed by atoms with Crippen molar-refractivity contribution in [1.82, 2.24) is 4.90 Å². The van der Waals surface area contributed by atoms with Gasteiger partial charge in [-0.25, -0.2) is 0 Å². The second-order valence-corrected chi connectivity index (χ2v) is 6.02. The topological polar surface area (TPSA) is 29.5 Å². The van der Waals surface area contributed by atoms with Crippen molar-refractivity contribution >= 4 is 5.91 Å². The number of ether oxygens (including phenoxy) is 1. The third kappa shape index (κ3) is 4.35. The molecular formula is C20H23NO2. The quantitative estimate of drug-likeness (QED) is 0.778. The van der Waals surface area contributed by atoms with Crippen LogP contribution in [0, 0.1) is 0 Å². The summed E-state index contributed by atoms with van der Waals surface area (Å²) in [6.07, 6.45) is 3.21. The van der Waals surface area contributed by atoms with E-state index in [1.807, 2.05) is 47.4 Å². The summed E-state index contributed by atoms with van der Waals surface area (Å²) in [5.41, 5.74) is 2.44. The Morgan fingerprint density at radius 1 is 1.04 bits per heavy atom. The van der Waals surface area contributed by atoms with Crippen LogP contribution in [-0.4, -0.2) is 23.5 Å². The predicted molar refractivity (Wildman–Crippen MR) is 91.3 cm³/mol. The van der Waals surface area contributed by atoms with Crippen molar-refractivity contribution in [2.24, 2.45) is 0 Å². The molecule has 2 aromatic rings. The van der Waals surface area contributed by atoms with Gasteiger partial charge >= 0.3 is 0 Å². The minimum absolute atomic E-state index is 0.0657. The van der Waals surface area contributed by atoms with Crippen LogP contribution in [0.2, 0.25) is 0 Å². The summed E-state index contributed by atoms with van der Waals surface area (Å²) in [5.74, 6) is 0.821. The Labute approximate surface area is 137 Å². The van der Waals surface area contributed by atoms with E-state index < -0.39 is 0 Å². The minimum atomic E-state index is 0.0657. The van der Waals surface area contributed by atoms with Gasteiger partial charge in [-0.15, -0.1) is 0 Å². The Kier molecular flexibility index (Phi) is 4.96. The molecule has 0 radical (unpaired) electrons. The van der Waals surface area contributed by atoms with E-state index in [-0.39, 0.29) is 12.5 Å². The highest BCUT2D eigenvalue weighted by Crippen LogP contribution is 2.28. The summed E-state index contributed by atoms with van der Waals surface area (Å²) in [6.45, 7) is 2.90. The Balaban J connectivity index is 1.58. The van der Waals surface area contributed by atoms with Gasteiger partial charge in [0.2, 0.25) is 0 Å². The summed E-state index contributed by atoms with van der Waals surface area (Å²) < 4.78 is 5.67. The molecule has 0 heterocycles. The number of hydrogen-bond donors (Lipinski definition) is 0. The van der Waals surface area contributed by atoms with E-state index in [0.717, 1.165) is 25.0 Å². The molecule has 3 rings (SSSR count). The second kappa shape index (κ2) is 7.32. The zero-order valence-corrected chi connectivity index (χ0v) is 13.6. The molecule has 23 heavy (non-hydrogen) atoms. The molecule has 0 saturated heterocycles. The third-order valence-electron chi connectivity index (χ3n) is 4.20. The number of hydrogen-bond acceptors (Lipinski definition) is 2. The van der Waals surface area contributed by atoms with Gasteiger partial charge in [0.05, 0.1) is 0 Å². The standard InChI is InChI=1S/C20H23NO2/c1-2-16-8-12-19(13-9-16)23-15-20(22)21(18-10-11-18)14-17-6-4-3-5-7-17/h3-9,12-13,18H,2,10-11,14-15H2,1H3. The average molecular weight is 309 g/mol. The lowest BCUT2D eigenvalue weighted by molar-refractivity contribution is -0.134. The molecule has 0 spiro atoms. The van der Waals surface area contributed by atoms with Crippen molar-refractivity contribution in [3.63, 3.8) is 0 Å². The second-order valence-electron chi connectivity index (χ2n) is 6.02. The summed E-state index contributed by atoms with van der Waals surface area (Å²) >= 11 is 0. The maximum atomic E-state index is 12.5. The molecule has 0 unspecified atom stereocenters. The van der Waals surface area contributed by atoms with Crippen LogP contribution in [0.3, 0.4) is 0 Å². The van der Waals surface area contributed by atoms with Crippen LogP contribution < -0.4 is 4.74 Å². The van der Waals surface area contributed by atoms with Crippen molar-refractivity contribution in [2.45, 2.75) is 38.8 Å². The first-order valence-electron chi connectivity index (χ1n) is 8.31. The van der Waals surface area contributed by atoms with Crippen LogP contribution in [0.4, 0.5) is 0 Å². The van der Waals surface area contributed by atoms with E-state index in [9.17, 15) is 4.79 Å². The van der Waals surface area contributed by atoms with Crippen molar-refractivity contribution in [3.05, 3.63) is 65.7 Å². The number of carbonyl (C=O) groups excluding carboxylic acids is 1. The molecule has 0 aliphatic heterocycles. The first-order valence-corrected chi connectivity index (χ1v) is 8.31. The zero-order valence-electron chi connectivity index (χ0n) is 13.6. The molecule has 1 saturated carbocycles. The van der Waals surface area contributed by atoms with Crippen LogP contribution in [0.1, 0.15) is 30.9 Å². The Morgan fingerprint density at radius 3 is 2.35 bits per heavy atom. The van der Waals surface area contributed by atoms with Gasteiger partial charge in [0.1, 0.15) is 5.75 Å². The highest BCUT2D eigenvalue weighted by atomic mass is 16.5. The number of nitrogens with zero attached hydrogens (tertiary/aromatic N) is 1. The van der Waals surface area contributed by atoms with Gasteiger partial charge in [0.15, 0.2) is 6.61 Å². The molecule has 0 atom stereocenters. The van der Waals surface area contributed by atoms with Gasteiger partial charge in [-0.2, -0.15) is 0 Å². The van der Waals surface area contributed by atoms with Crippen LogP contribution in [0.25, 0.3) is 0 Å². The van der Waals surface area contributed by atoms with Crippen LogP contribution in [-0.2, 0) is 17.8 Å². The Bertz CT molecular complexity index is 632. The number of benzene rings is 2. The molecule has 1 aliphatic rings. The number of rotatable bonds is 7. The van der Waals surface area contributed by atoms with Gasteiger partial charge in [0.25, 0.3) is 5.91 Å². The Morgan fingerprint density at radius 2 is 1.74 bits per heavy atom. The Hall–Kier alpha value is -2.29. The maximum absolute atomic E-state index is 12.5. The largest absolute Gasteiger partial charge is 0.484 e. The van der Waals surface area contributed by atoms with Gasteiger partial charge < -0.3 is 9.64 Å². The fraction of sp³-hybridized carbons (Fsp3) is 0.350. The normalized spacial score (nSPS) is 13.6. The molecule has 0 bridgehead atoms. The monoisotopic (exact) mass is 309 g/mol. The molecule has 0 N–H and O–H groups in total. The van der Waals surface area contributed by atoms with E-state index in [1.165, 1.54) is 11.1 Å². The minimum Gasteiger partial charge on any atom is -0.484 e. The molecule has 3 heteroatoms. The molecule has 1 amide bonds. The lowest BCUT2D eigenvalue weighted by Crippen LogP contribution is -2.36. The highest BCUT2D eigenvalue weighted by Gasteiger charge is 2.32. The molecule has 1 fully saturated rings. The van der Waals surface area contributed by atoms with Gasteiger partial charge in [0, 0.05) is 12.6 Å². The average Bonchev–Trinajstić information content (AvgIpc) is 3.44. The van der Waals surface area contributed by atoms with Crippen LogP contribution >= 0.6 is 0 Å². The summed E-state index contributed by atoms with van der Waals surface area (Å²) in [7, 11) is 0. The van der Waals surface area contributed by atoms with Crippen LogP contribution in [0.15, 0.2) is 54.6 Å². The highest BCUT2D eigenvalue weighted by molar-refractivity contribution is 5.78. The van der Waals surface area contributed by atoms with E-state index >= 15 is 0 Å². The summed E-state index contributed by atoms with van der Waals surface area (Å²) in [4.78, 5) is 14.5. The van der Waals surface area contributed by atoms with Crippen molar-refractivity contribution < 1.29 is 9.53 Å². The summed E-state index contributed by atoms with van der Waals surface area (Å²) in [5, 5.41) is 0. The first kappa shape index (κ1) is 15.6.